The molecule has 2 aromatic carbocycles. The third-order valence-corrected chi connectivity index (χ3v) is 4.83. The summed E-state index contributed by atoms with van der Waals surface area (Å²) in [5.41, 5.74) is 7.06. The molecule has 0 aliphatic heterocycles. The number of aromatic nitrogens is 4. The molecule has 0 saturated heterocycles. The van der Waals surface area contributed by atoms with Crippen molar-refractivity contribution in [1.29, 1.82) is 0 Å². The van der Waals surface area contributed by atoms with Gasteiger partial charge in [-0.15, -0.1) is 0 Å². The summed E-state index contributed by atoms with van der Waals surface area (Å²) in [6, 6.07) is 14.6. The van der Waals surface area contributed by atoms with E-state index in [9.17, 15) is 4.79 Å². The van der Waals surface area contributed by atoms with E-state index in [4.69, 9.17) is 0 Å². The normalized spacial score (nSPS) is 11.6. The van der Waals surface area contributed by atoms with Gasteiger partial charge in [0.15, 0.2) is 0 Å². The predicted molar refractivity (Wildman–Crippen MR) is 105 cm³/mol. The summed E-state index contributed by atoms with van der Waals surface area (Å²) in [5.74, 6) is 0. The van der Waals surface area contributed by atoms with E-state index in [1.807, 2.05) is 43.7 Å². The third kappa shape index (κ3) is 2.47. The van der Waals surface area contributed by atoms with Crippen molar-refractivity contribution >= 4 is 11.0 Å². The molecule has 0 saturated carbocycles. The lowest BCUT2D eigenvalue weighted by Crippen LogP contribution is -2.23. The largest absolute Gasteiger partial charge is 0.344 e. The van der Waals surface area contributed by atoms with Gasteiger partial charge in [-0.25, -0.2) is 9.78 Å². The van der Waals surface area contributed by atoms with Crippen LogP contribution < -0.4 is 5.69 Å². The first-order chi connectivity index (χ1) is 12.5. The Morgan fingerprint density at radius 2 is 1.85 bits per heavy atom. The highest BCUT2D eigenvalue weighted by Crippen LogP contribution is 2.31. The monoisotopic (exact) mass is 346 g/mol. The van der Waals surface area contributed by atoms with Crippen LogP contribution in [-0.2, 0) is 7.05 Å². The molecule has 0 spiro atoms. The smallest absolute Gasteiger partial charge is 0.329 e. The first-order valence-corrected chi connectivity index (χ1v) is 8.79. The van der Waals surface area contributed by atoms with Gasteiger partial charge in [0.1, 0.15) is 0 Å². The fourth-order valence-electron chi connectivity index (χ4n) is 3.54. The molecule has 5 heteroatoms. The average molecular weight is 346 g/mol. The predicted octanol–water partition coefficient (Wildman–Crippen LogP) is 4.29. The highest BCUT2D eigenvalue weighted by molar-refractivity contribution is 5.86. The number of hydrogen-bond acceptors (Lipinski definition) is 2. The van der Waals surface area contributed by atoms with Gasteiger partial charge in [-0.3, -0.25) is 9.13 Å². The van der Waals surface area contributed by atoms with Gasteiger partial charge < -0.3 is 4.98 Å². The molecule has 2 aromatic heterocycles. The Kier molecular flexibility index (Phi) is 3.80. The Balaban J connectivity index is 1.91. The van der Waals surface area contributed by atoms with Crippen LogP contribution >= 0.6 is 0 Å². The van der Waals surface area contributed by atoms with Gasteiger partial charge in [0.25, 0.3) is 0 Å². The summed E-state index contributed by atoms with van der Waals surface area (Å²) in [4.78, 5) is 20.4. The maximum absolute atomic E-state index is 12.6. The van der Waals surface area contributed by atoms with Crippen LogP contribution in [0.5, 0.6) is 0 Å². The second-order valence-electron chi connectivity index (χ2n) is 7.00. The van der Waals surface area contributed by atoms with Crippen LogP contribution in [-0.4, -0.2) is 19.1 Å². The molecule has 26 heavy (non-hydrogen) atoms. The quantitative estimate of drug-likeness (QED) is 0.602. The molecule has 4 rings (SSSR count). The van der Waals surface area contributed by atoms with Crippen LogP contribution in [0.1, 0.15) is 25.5 Å². The number of rotatable bonds is 3. The Bertz CT molecular complexity index is 1160. The number of imidazole rings is 2. The fourth-order valence-corrected chi connectivity index (χ4v) is 3.54. The second-order valence-corrected chi connectivity index (χ2v) is 7.00. The summed E-state index contributed by atoms with van der Waals surface area (Å²) in [5, 5.41) is 0. The van der Waals surface area contributed by atoms with Crippen molar-refractivity contribution in [3.8, 4) is 22.5 Å². The number of nitrogens with zero attached hydrogens (tertiary/aromatic N) is 3. The van der Waals surface area contributed by atoms with E-state index in [1.165, 1.54) is 5.56 Å². The van der Waals surface area contributed by atoms with Gasteiger partial charge in [-0.05, 0) is 39.0 Å². The van der Waals surface area contributed by atoms with Crippen LogP contribution in [0.4, 0.5) is 0 Å². The molecule has 0 radical (unpaired) electrons. The zero-order chi connectivity index (χ0) is 18.4. The van der Waals surface area contributed by atoms with E-state index in [2.05, 4.69) is 41.2 Å². The zero-order valence-electron chi connectivity index (χ0n) is 15.4. The van der Waals surface area contributed by atoms with E-state index in [0.29, 0.717) is 0 Å². The van der Waals surface area contributed by atoms with E-state index in [-0.39, 0.29) is 11.7 Å². The molecule has 0 fully saturated rings. The van der Waals surface area contributed by atoms with Crippen LogP contribution in [0.2, 0.25) is 0 Å². The van der Waals surface area contributed by atoms with Gasteiger partial charge >= 0.3 is 5.69 Å². The summed E-state index contributed by atoms with van der Waals surface area (Å²) in [6.45, 7) is 6.13. The number of H-pyrrole nitrogens is 1. The van der Waals surface area contributed by atoms with Crippen molar-refractivity contribution in [2.24, 2.45) is 7.05 Å². The molecule has 0 aliphatic carbocycles. The highest BCUT2D eigenvalue weighted by Gasteiger charge is 2.16. The van der Waals surface area contributed by atoms with Crippen molar-refractivity contribution in [3.05, 3.63) is 64.8 Å². The third-order valence-electron chi connectivity index (χ3n) is 4.83. The first-order valence-electron chi connectivity index (χ1n) is 8.79. The molecular formula is C21H22N4O. The lowest BCUT2D eigenvalue weighted by atomic mass is 10.0. The lowest BCUT2D eigenvalue weighted by molar-refractivity contribution is 0.583. The van der Waals surface area contributed by atoms with Crippen molar-refractivity contribution in [1.82, 2.24) is 19.1 Å². The number of fused-ring (bicyclic) bond motifs is 1. The topological polar surface area (TPSA) is 55.6 Å². The molecule has 0 aliphatic rings. The second kappa shape index (κ2) is 6.02. The molecule has 0 unspecified atom stereocenters. The number of aryl methyl sites for hydroxylation is 2. The van der Waals surface area contributed by atoms with Crippen LogP contribution in [0.3, 0.4) is 0 Å². The standard InChI is InChI=1S/C21H22N4O/c1-13(2)25-17-9-8-16(11-18(17)24(4)21(25)26)20-19(22-12-23-20)15-7-5-6-14(3)10-15/h5-13H,1-4H3,(H,22,23). The van der Waals surface area contributed by atoms with E-state index in [1.54, 1.807) is 10.9 Å². The van der Waals surface area contributed by atoms with Crippen LogP contribution in [0.25, 0.3) is 33.5 Å². The number of aromatic amines is 1. The first kappa shape index (κ1) is 16.4. The zero-order valence-corrected chi connectivity index (χ0v) is 15.4. The fraction of sp³-hybridized carbons (Fsp3) is 0.238. The molecule has 0 atom stereocenters. The van der Waals surface area contributed by atoms with Gasteiger partial charge in [0.2, 0.25) is 0 Å². The average Bonchev–Trinajstić information content (AvgIpc) is 3.19. The summed E-state index contributed by atoms with van der Waals surface area (Å²) in [6.07, 6.45) is 1.72. The molecule has 5 nitrogen and oxygen atoms in total. The minimum Gasteiger partial charge on any atom is -0.344 e. The van der Waals surface area contributed by atoms with Gasteiger partial charge in [0.05, 0.1) is 28.7 Å². The number of hydrogen-bond donors (Lipinski definition) is 1. The SMILES string of the molecule is Cc1cccc(-c2nc[nH]c2-c2ccc3c(c2)n(C)c(=O)n3C(C)C)c1. The van der Waals surface area contributed by atoms with Crippen molar-refractivity contribution in [2.75, 3.05) is 0 Å². The van der Waals surface area contributed by atoms with Crippen molar-refractivity contribution in [2.45, 2.75) is 26.8 Å². The van der Waals surface area contributed by atoms with Gasteiger partial charge in [0, 0.05) is 24.2 Å². The molecule has 1 N–H and O–H groups in total. The van der Waals surface area contributed by atoms with E-state index >= 15 is 0 Å². The Hall–Kier alpha value is -3.08. The van der Waals surface area contributed by atoms with Crippen molar-refractivity contribution in [3.63, 3.8) is 0 Å². The Morgan fingerprint density at radius 3 is 2.58 bits per heavy atom. The minimum absolute atomic E-state index is 0.00988. The number of nitrogens with one attached hydrogen (secondary N) is 1. The Labute approximate surface area is 151 Å². The molecule has 0 amide bonds. The summed E-state index contributed by atoms with van der Waals surface area (Å²) < 4.78 is 3.54. The highest BCUT2D eigenvalue weighted by atomic mass is 16.1. The van der Waals surface area contributed by atoms with Gasteiger partial charge in [-0.2, -0.15) is 0 Å². The maximum atomic E-state index is 12.6. The molecular weight excluding hydrogens is 324 g/mol. The number of benzene rings is 2. The molecule has 132 valence electrons. The molecule has 2 heterocycles. The minimum atomic E-state index is 0.00988. The van der Waals surface area contributed by atoms with Gasteiger partial charge in [-0.1, -0.05) is 29.8 Å². The van der Waals surface area contributed by atoms with Crippen LogP contribution in [0, 0.1) is 6.92 Å². The Morgan fingerprint density at radius 1 is 1.04 bits per heavy atom. The molecule has 4 aromatic rings. The maximum Gasteiger partial charge on any atom is 0.329 e. The summed E-state index contributed by atoms with van der Waals surface area (Å²) in [7, 11) is 1.82. The van der Waals surface area contributed by atoms with Crippen molar-refractivity contribution < 1.29 is 0 Å². The lowest BCUT2D eigenvalue weighted by Gasteiger charge is -2.08. The summed E-state index contributed by atoms with van der Waals surface area (Å²) >= 11 is 0. The van der Waals surface area contributed by atoms with E-state index < -0.39 is 0 Å². The van der Waals surface area contributed by atoms with Crippen LogP contribution in [0.15, 0.2) is 53.6 Å². The van der Waals surface area contributed by atoms with E-state index in [0.717, 1.165) is 33.5 Å². The molecule has 0 bridgehead atoms.